The lowest BCUT2D eigenvalue weighted by atomic mass is 9.90. The van der Waals surface area contributed by atoms with E-state index in [9.17, 15) is 4.79 Å². The molecule has 0 aromatic carbocycles. The maximum atomic E-state index is 10.8. The van der Waals surface area contributed by atoms with Gasteiger partial charge in [-0.2, -0.15) is 5.10 Å². The number of aliphatic carboxylic acids is 1. The van der Waals surface area contributed by atoms with Crippen LogP contribution in [0.1, 0.15) is 54.6 Å². The topological polar surface area (TPSA) is 81.1 Å². The molecule has 1 heterocycles. The van der Waals surface area contributed by atoms with Crippen LogP contribution >= 0.6 is 0 Å². The van der Waals surface area contributed by atoms with Crippen LogP contribution in [0.15, 0.2) is 0 Å². The van der Waals surface area contributed by atoms with Gasteiger partial charge in [0.25, 0.3) is 0 Å². The molecule has 1 atom stereocenters. The second-order valence-electron chi connectivity index (χ2n) is 5.07. The maximum absolute atomic E-state index is 10.8. The van der Waals surface area contributed by atoms with Gasteiger partial charge < -0.3 is 10.8 Å². The van der Waals surface area contributed by atoms with Crippen molar-refractivity contribution >= 4 is 5.97 Å². The zero-order valence-electron chi connectivity index (χ0n) is 9.72. The largest absolute Gasteiger partial charge is 0.480 e. The van der Waals surface area contributed by atoms with Crippen molar-refractivity contribution in [2.45, 2.75) is 50.6 Å². The van der Waals surface area contributed by atoms with E-state index in [1.807, 2.05) is 0 Å². The minimum absolute atomic E-state index is 0.0399. The fourth-order valence-electron chi connectivity index (χ4n) is 2.75. The predicted molar refractivity (Wildman–Crippen MR) is 61.7 cm³/mol. The summed E-state index contributed by atoms with van der Waals surface area (Å²) in [5.74, 6) is -0.306. The highest BCUT2D eigenvalue weighted by Crippen LogP contribution is 2.44. The number of rotatable bonds is 3. The quantitative estimate of drug-likeness (QED) is 0.824. The van der Waals surface area contributed by atoms with Crippen LogP contribution < -0.4 is 5.73 Å². The summed E-state index contributed by atoms with van der Waals surface area (Å²) in [5.41, 5.74) is 9.45. The highest BCUT2D eigenvalue weighted by molar-refractivity contribution is 5.66. The Morgan fingerprint density at radius 2 is 2.24 bits per heavy atom. The smallest absolute Gasteiger partial charge is 0.325 e. The van der Waals surface area contributed by atoms with Crippen molar-refractivity contribution in [3.05, 3.63) is 17.0 Å². The first-order valence-electron chi connectivity index (χ1n) is 6.23. The van der Waals surface area contributed by atoms with Crippen LogP contribution in [0.2, 0.25) is 0 Å². The molecule has 0 spiro atoms. The van der Waals surface area contributed by atoms with Gasteiger partial charge in [-0.25, -0.2) is 0 Å². The summed E-state index contributed by atoms with van der Waals surface area (Å²) in [6.07, 6.45) is 5.28. The third kappa shape index (κ3) is 1.84. The molecule has 17 heavy (non-hydrogen) atoms. The van der Waals surface area contributed by atoms with E-state index in [2.05, 4.69) is 5.10 Å². The van der Waals surface area contributed by atoms with Gasteiger partial charge in [0.2, 0.25) is 0 Å². The molecule has 0 saturated heterocycles. The third-order valence-electron chi connectivity index (χ3n) is 3.68. The van der Waals surface area contributed by atoms with Crippen LogP contribution in [0.4, 0.5) is 0 Å². The fraction of sp³-hybridized carbons (Fsp3) is 0.667. The highest BCUT2D eigenvalue weighted by Gasteiger charge is 2.35. The zero-order valence-corrected chi connectivity index (χ0v) is 9.72. The van der Waals surface area contributed by atoms with Crippen molar-refractivity contribution in [1.29, 1.82) is 0 Å². The number of carbonyl (C=O) groups is 1. The SMILES string of the molecule is NC1CCCc2c1c(C1CC1)nn2CC(=O)O. The van der Waals surface area contributed by atoms with E-state index in [0.717, 1.165) is 36.2 Å². The molecule has 5 nitrogen and oxygen atoms in total. The Morgan fingerprint density at radius 3 is 2.88 bits per heavy atom. The molecule has 2 aliphatic carbocycles. The number of hydrogen-bond donors (Lipinski definition) is 2. The first kappa shape index (κ1) is 10.8. The van der Waals surface area contributed by atoms with Gasteiger partial charge >= 0.3 is 5.97 Å². The molecule has 1 aromatic rings. The second-order valence-corrected chi connectivity index (χ2v) is 5.07. The Bertz CT molecular complexity index is 463. The van der Waals surface area contributed by atoms with Crippen LogP contribution in [0.3, 0.4) is 0 Å². The summed E-state index contributed by atoms with van der Waals surface area (Å²) in [6, 6.07) is 0.0527. The van der Waals surface area contributed by atoms with Gasteiger partial charge in [0, 0.05) is 23.2 Å². The molecule has 92 valence electrons. The first-order chi connectivity index (χ1) is 8.16. The number of nitrogens with two attached hydrogens (primary N) is 1. The maximum Gasteiger partial charge on any atom is 0.325 e. The number of carboxylic acid groups (broad SMARTS) is 1. The molecular weight excluding hydrogens is 218 g/mol. The molecule has 5 heteroatoms. The van der Waals surface area contributed by atoms with Gasteiger partial charge in [0.1, 0.15) is 6.54 Å². The van der Waals surface area contributed by atoms with Gasteiger partial charge in [0.15, 0.2) is 0 Å². The Balaban J connectivity index is 2.04. The summed E-state index contributed by atoms with van der Waals surface area (Å²) in [6.45, 7) is -0.0399. The average Bonchev–Trinajstić information content (AvgIpc) is 3.03. The van der Waals surface area contributed by atoms with Crippen molar-refractivity contribution < 1.29 is 9.90 Å². The molecule has 2 aliphatic rings. The van der Waals surface area contributed by atoms with Gasteiger partial charge in [-0.1, -0.05) is 0 Å². The van der Waals surface area contributed by atoms with Gasteiger partial charge in [0.05, 0.1) is 5.69 Å². The molecule has 0 amide bonds. The first-order valence-corrected chi connectivity index (χ1v) is 6.23. The van der Waals surface area contributed by atoms with Crippen LogP contribution in [-0.2, 0) is 17.8 Å². The molecular formula is C12H17N3O2. The van der Waals surface area contributed by atoms with E-state index in [1.54, 1.807) is 4.68 Å². The summed E-state index contributed by atoms with van der Waals surface area (Å²) in [5, 5.41) is 13.4. The Kier molecular flexibility index (Phi) is 2.43. The molecule has 3 N–H and O–H groups in total. The monoisotopic (exact) mass is 235 g/mol. The van der Waals surface area contributed by atoms with E-state index < -0.39 is 5.97 Å². The minimum Gasteiger partial charge on any atom is -0.480 e. The van der Waals surface area contributed by atoms with E-state index in [-0.39, 0.29) is 12.6 Å². The normalized spacial score (nSPS) is 23.5. The molecule has 0 radical (unpaired) electrons. The average molecular weight is 235 g/mol. The van der Waals surface area contributed by atoms with E-state index in [1.165, 1.54) is 12.8 Å². The number of nitrogens with zero attached hydrogens (tertiary/aromatic N) is 2. The summed E-state index contributed by atoms with van der Waals surface area (Å²) in [4.78, 5) is 10.8. The van der Waals surface area contributed by atoms with E-state index >= 15 is 0 Å². The lowest BCUT2D eigenvalue weighted by Crippen LogP contribution is -2.20. The van der Waals surface area contributed by atoms with Crippen LogP contribution in [0.5, 0.6) is 0 Å². The van der Waals surface area contributed by atoms with E-state index in [0.29, 0.717) is 5.92 Å². The van der Waals surface area contributed by atoms with E-state index in [4.69, 9.17) is 10.8 Å². The fourth-order valence-corrected chi connectivity index (χ4v) is 2.75. The van der Waals surface area contributed by atoms with Crippen molar-refractivity contribution in [3.63, 3.8) is 0 Å². The van der Waals surface area contributed by atoms with Crippen molar-refractivity contribution in [2.75, 3.05) is 0 Å². The third-order valence-corrected chi connectivity index (χ3v) is 3.68. The lowest BCUT2D eigenvalue weighted by molar-refractivity contribution is -0.137. The number of hydrogen-bond acceptors (Lipinski definition) is 3. The molecule has 1 fully saturated rings. The Hall–Kier alpha value is -1.36. The Morgan fingerprint density at radius 1 is 1.47 bits per heavy atom. The predicted octanol–water partition coefficient (Wildman–Crippen LogP) is 1.18. The summed E-state index contributed by atoms with van der Waals surface area (Å²) < 4.78 is 1.66. The summed E-state index contributed by atoms with van der Waals surface area (Å²) in [7, 11) is 0. The molecule has 0 aliphatic heterocycles. The number of carboxylic acids is 1. The molecule has 1 aromatic heterocycles. The van der Waals surface area contributed by atoms with Gasteiger partial charge in [-0.3, -0.25) is 9.48 Å². The number of aromatic nitrogens is 2. The summed E-state index contributed by atoms with van der Waals surface area (Å²) >= 11 is 0. The van der Waals surface area contributed by atoms with Gasteiger partial charge in [-0.05, 0) is 32.1 Å². The van der Waals surface area contributed by atoms with Crippen LogP contribution in [-0.4, -0.2) is 20.9 Å². The minimum atomic E-state index is -0.836. The van der Waals surface area contributed by atoms with Crippen LogP contribution in [0, 0.1) is 0 Å². The standard InChI is InChI=1S/C12H17N3O2/c13-8-2-1-3-9-11(8)12(7-4-5-7)14-15(9)6-10(16)17/h7-8H,1-6,13H2,(H,16,17). The lowest BCUT2D eigenvalue weighted by Gasteiger charge is -2.20. The molecule has 1 saturated carbocycles. The Labute approximate surface area is 99.6 Å². The van der Waals surface area contributed by atoms with Gasteiger partial charge in [-0.15, -0.1) is 0 Å². The molecule has 1 unspecified atom stereocenters. The second kappa shape index (κ2) is 3.84. The van der Waals surface area contributed by atoms with Crippen LogP contribution in [0.25, 0.3) is 0 Å². The molecule has 0 bridgehead atoms. The van der Waals surface area contributed by atoms with Crippen molar-refractivity contribution in [2.24, 2.45) is 5.73 Å². The number of fused-ring (bicyclic) bond motifs is 1. The highest BCUT2D eigenvalue weighted by atomic mass is 16.4. The zero-order chi connectivity index (χ0) is 12.0. The molecule has 3 rings (SSSR count). The van der Waals surface area contributed by atoms with Crippen molar-refractivity contribution in [3.8, 4) is 0 Å². The van der Waals surface area contributed by atoms with Crippen molar-refractivity contribution in [1.82, 2.24) is 9.78 Å².